The molecule has 1 aliphatic rings. The number of primary amides is 1. The van der Waals surface area contributed by atoms with Gasteiger partial charge in [-0.1, -0.05) is 48.5 Å². The Morgan fingerprint density at radius 2 is 1.47 bits per heavy atom. The molecule has 4 rings (SSSR count). The van der Waals surface area contributed by atoms with Crippen molar-refractivity contribution in [1.82, 2.24) is 57.7 Å². The molecule has 2 heterocycles. The van der Waals surface area contributed by atoms with Crippen LogP contribution in [0.4, 0.5) is 0 Å². The van der Waals surface area contributed by atoms with Crippen LogP contribution in [-0.4, -0.2) is 155 Å². The number of likely N-dealkylation sites (N-methyl/N-ethyl adjacent to an activating group) is 1. The Kier molecular flexibility index (Phi) is 23.1. The third-order valence-electron chi connectivity index (χ3n) is 11.9. The molecule has 0 radical (unpaired) electrons. The molecule has 20 N–H and O–H groups in total. The van der Waals surface area contributed by atoms with E-state index in [0.717, 1.165) is 15.8 Å². The fourth-order valence-electron chi connectivity index (χ4n) is 8.22. The van der Waals surface area contributed by atoms with Gasteiger partial charge in [0.2, 0.25) is 41.4 Å². The van der Waals surface area contributed by atoms with Gasteiger partial charge in [-0.25, -0.2) is 0 Å². The quantitative estimate of drug-likeness (QED) is 0.0272. The highest BCUT2D eigenvalue weighted by atomic mass is 16.3. The molecule has 2 unspecified atom stereocenters. The molecule has 8 atom stereocenters. The van der Waals surface area contributed by atoms with E-state index in [4.69, 9.17) is 28.0 Å². The molecule has 7 amide bonds. The van der Waals surface area contributed by atoms with Crippen molar-refractivity contribution in [2.75, 3.05) is 33.2 Å². The molecule has 394 valence electrons. The van der Waals surface area contributed by atoms with Crippen molar-refractivity contribution in [1.29, 1.82) is 10.8 Å². The number of nitrogens with zero attached hydrogens (tertiary/aromatic N) is 1. The van der Waals surface area contributed by atoms with Crippen molar-refractivity contribution in [2.24, 2.45) is 17.2 Å². The number of carbonyl (C=O) groups excluding carboxylic acids is 7. The predicted octanol–water partition coefficient (Wildman–Crippen LogP) is -3.37. The van der Waals surface area contributed by atoms with Crippen LogP contribution in [0.1, 0.15) is 69.4 Å². The van der Waals surface area contributed by atoms with Crippen LogP contribution in [0.2, 0.25) is 0 Å². The van der Waals surface area contributed by atoms with E-state index in [1.165, 1.54) is 14.0 Å². The summed E-state index contributed by atoms with van der Waals surface area (Å²) in [5.74, 6) is -5.49. The van der Waals surface area contributed by atoms with E-state index in [1.807, 2.05) is 24.3 Å². The first-order valence-corrected chi connectivity index (χ1v) is 23.9. The number of para-hydroxylation sites is 1. The number of rotatable bonds is 17. The van der Waals surface area contributed by atoms with Gasteiger partial charge in [0.25, 0.3) is 0 Å². The van der Waals surface area contributed by atoms with Crippen molar-refractivity contribution in [3.63, 3.8) is 0 Å². The molecule has 0 aliphatic carbocycles. The van der Waals surface area contributed by atoms with Crippen LogP contribution in [0.15, 0.2) is 60.8 Å². The average Bonchev–Trinajstić information content (AvgIpc) is 3.73. The van der Waals surface area contributed by atoms with Crippen molar-refractivity contribution in [3.05, 3.63) is 71.9 Å². The Morgan fingerprint density at radius 3 is 2.15 bits per heavy atom. The molecule has 2 aromatic carbocycles. The number of nitrogens with two attached hydrogens (primary N) is 3. The molecule has 1 fully saturated rings. The normalized spacial score (nSPS) is 22.3. The van der Waals surface area contributed by atoms with Crippen LogP contribution >= 0.6 is 0 Å². The van der Waals surface area contributed by atoms with Crippen LogP contribution in [0.5, 0.6) is 0 Å². The zero-order valence-electron chi connectivity index (χ0n) is 40.7. The summed E-state index contributed by atoms with van der Waals surface area (Å²) >= 11 is 0. The minimum atomic E-state index is -1.59. The molecule has 0 saturated carbocycles. The number of amides is 7. The number of H-pyrrole nitrogens is 1. The maximum atomic E-state index is 14.5. The van der Waals surface area contributed by atoms with Crippen molar-refractivity contribution in [2.45, 2.75) is 120 Å². The maximum Gasteiger partial charge on any atom is 0.243 e. The monoisotopic (exact) mass is 1000 g/mol. The number of aromatic amines is 1. The topological polar surface area (TPSA) is 413 Å². The van der Waals surface area contributed by atoms with Gasteiger partial charge in [-0.3, -0.25) is 55.0 Å². The van der Waals surface area contributed by atoms with E-state index in [1.54, 1.807) is 36.5 Å². The molecule has 1 aliphatic heterocycles. The lowest BCUT2D eigenvalue weighted by atomic mass is 10.0. The Balaban J connectivity index is 1.70. The van der Waals surface area contributed by atoms with Gasteiger partial charge >= 0.3 is 0 Å². The number of hydrogen-bond acceptors (Lipinski definition) is 13. The Hall–Kier alpha value is -7.35. The summed E-state index contributed by atoms with van der Waals surface area (Å²) in [6.07, 6.45) is -0.659. The molecular weight excluding hydrogens is 933 g/mol. The standard InChI is InChI=1S/C47H72N16O9/c1-27(64)57-33(17-10-20-54-46(49)50)41(68)62-37-24-38(65)53-19-9-8-16-32(40(48)67)59-44(71)36(23-29-25-56-31-15-7-6-14-30(29)31)61-42(69)34(18-11-21-55-47(51)52)60-43(70)35(22-28-12-4-3-5-13-28)58-39(66)26-63(2)45(37)72/h3-7,12-15,25,32-37,39,41,56,58,62,66,68H,8-11,16-24,26H2,1-2H3,(H2,48,67)(H,53,65)(H,57,64)(H,59,71)(H,60,70)(H,61,69)(H4,49,50,54)(H4,51,52,55)/t32-,33-,34-,35+,36-,37-,39?,41?/m0/s1. The number of benzene rings is 2. The molecule has 1 saturated heterocycles. The highest BCUT2D eigenvalue weighted by Gasteiger charge is 2.34. The second-order valence-electron chi connectivity index (χ2n) is 17.8. The lowest BCUT2D eigenvalue weighted by molar-refractivity contribution is -0.138. The summed E-state index contributed by atoms with van der Waals surface area (Å²) in [7, 11) is 1.35. The van der Waals surface area contributed by atoms with E-state index in [2.05, 4.69) is 52.8 Å². The first kappa shape index (κ1) is 57.2. The third-order valence-corrected chi connectivity index (χ3v) is 11.9. The summed E-state index contributed by atoms with van der Waals surface area (Å²) in [5.41, 5.74) is 18.8. The lowest BCUT2D eigenvalue weighted by Gasteiger charge is -2.32. The van der Waals surface area contributed by atoms with Crippen LogP contribution in [0, 0.1) is 10.8 Å². The van der Waals surface area contributed by atoms with Crippen LogP contribution in [0.25, 0.3) is 10.9 Å². The number of fused-ring (bicyclic) bond motifs is 1. The second-order valence-corrected chi connectivity index (χ2v) is 17.8. The van der Waals surface area contributed by atoms with Crippen molar-refractivity contribution < 1.29 is 43.8 Å². The fourth-order valence-corrected chi connectivity index (χ4v) is 8.22. The van der Waals surface area contributed by atoms with E-state index in [-0.39, 0.29) is 76.5 Å². The van der Waals surface area contributed by atoms with Crippen LogP contribution < -0.4 is 65.1 Å². The number of β-amino-alcohol motifs (C(OH)–C–C–N with tert-alkyl or cyclic N) is 1. The zero-order valence-corrected chi connectivity index (χ0v) is 40.7. The minimum Gasteiger partial charge on any atom is -0.377 e. The van der Waals surface area contributed by atoms with Gasteiger partial charge in [0.15, 0.2) is 11.9 Å². The molecule has 0 spiro atoms. The lowest BCUT2D eigenvalue weighted by Crippen LogP contribution is -2.60. The van der Waals surface area contributed by atoms with Gasteiger partial charge < -0.3 is 74.5 Å². The second kappa shape index (κ2) is 29.1. The van der Waals surface area contributed by atoms with Crippen LogP contribution in [0.3, 0.4) is 0 Å². The van der Waals surface area contributed by atoms with Crippen molar-refractivity contribution in [3.8, 4) is 0 Å². The molecule has 25 nitrogen and oxygen atoms in total. The zero-order chi connectivity index (χ0) is 52.7. The largest absolute Gasteiger partial charge is 0.377 e. The van der Waals surface area contributed by atoms with E-state index < -0.39 is 103 Å². The molecule has 3 aromatic rings. The van der Waals surface area contributed by atoms with Gasteiger partial charge in [-0.2, -0.15) is 0 Å². The molecule has 25 heteroatoms. The van der Waals surface area contributed by atoms with Crippen molar-refractivity contribution >= 4 is 64.2 Å². The van der Waals surface area contributed by atoms with E-state index in [9.17, 15) is 43.8 Å². The molecule has 1 aromatic heterocycles. The smallest absolute Gasteiger partial charge is 0.243 e. The summed E-state index contributed by atoms with van der Waals surface area (Å²) < 4.78 is 0. The maximum absolute atomic E-state index is 14.5. The first-order chi connectivity index (χ1) is 34.3. The van der Waals surface area contributed by atoms with Gasteiger partial charge in [0.1, 0.15) is 30.6 Å². The Labute approximate surface area is 417 Å². The summed E-state index contributed by atoms with van der Waals surface area (Å²) in [6, 6.07) is 8.76. The number of guanidine groups is 2. The van der Waals surface area contributed by atoms with Gasteiger partial charge in [-0.05, 0) is 68.6 Å². The predicted molar refractivity (Wildman–Crippen MR) is 268 cm³/mol. The van der Waals surface area contributed by atoms with Crippen LogP contribution in [-0.2, 0) is 46.4 Å². The number of aromatic nitrogens is 1. The van der Waals surface area contributed by atoms with Gasteiger partial charge in [0, 0.05) is 57.1 Å². The first-order valence-electron chi connectivity index (χ1n) is 23.9. The highest BCUT2D eigenvalue weighted by Crippen LogP contribution is 2.20. The number of hydrogen-bond donors (Lipinski definition) is 17. The van der Waals surface area contributed by atoms with E-state index in [0.29, 0.717) is 24.0 Å². The SMILES string of the molecule is CC(=O)N[C@@H](CCCNC(=N)N)C(O)N[C@H]1CC(=O)NCCCC[C@@H](C(N)=O)NC(=O)[C@H](Cc2c[nH]c3ccccc23)NC(=O)[C@H](CCCNC(=N)N)NC(=O)[C@@H](Cc2ccccc2)NC(O)CN(C)C1=O. The summed E-state index contributed by atoms with van der Waals surface area (Å²) in [4.78, 5) is 100. The highest BCUT2D eigenvalue weighted by molar-refractivity contribution is 5.95. The average molecular weight is 1010 g/mol. The third kappa shape index (κ3) is 19.4. The number of nitrogens with one attached hydrogen (secondary N) is 12. The van der Waals surface area contributed by atoms with Gasteiger partial charge in [0.05, 0.1) is 31.1 Å². The fraction of sp³-hybridized carbons (Fsp3) is 0.511. The van der Waals surface area contributed by atoms with E-state index >= 15 is 0 Å². The summed E-state index contributed by atoms with van der Waals surface area (Å²) in [5, 5.41) is 63.3. The molecule has 0 bridgehead atoms. The Bertz CT molecular complexity index is 2320. The molecule has 72 heavy (non-hydrogen) atoms. The summed E-state index contributed by atoms with van der Waals surface area (Å²) in [6.45, 7) is 1.28. The Morgan fingerprint density at radius 1 is 0.833 bits per heavy atom. The number of aliphatic hydroxyl groups excluding tert-OH is 2. The minimum absolute atomic E-state index is 0.00781. The number of aliphatic hydroxyl groups is 2. The molecular formula is C47H72N16O9. The van der Waals surface area contributed by atoms with Gasteiger partial charge in [-0.15, -0.1) is 0 Å². The number of carbonyl (C=O) groups is 7.